The van der Waals surface area contributed by atoms with Crippen LogP contribution < -0.4 is 21.3 Å². The molecule has 2 aromatic carbocycles. The predicted octanol–water partition coefficient (Wildman–Crippen LogP) is 4.75. The van der Waals surface area contributed by atoms with E-state index in [-0.39, 0.29) is 40.9 Å². The Morgan fingerprint density at radius 2 is 1.86 bits per heavy atom. The predicted molar refractivity (Wildman–Crippen MR) is 192 cm³/mol. The molecule has 3 aromatic rings. The molecule has 266 valence electrons. The van der Waals surface area contributed by atoms with Crippen molar-refractivity contribution >= 4 is 29.2 Å². The van der Waals surface area contributed by atoms with E-state index in [0.717, 1.165) is 54.4 Å². The fourth-order valence-electron chi connectivity index (χ4n) is 7.16. The molecule has 3 aliphatic heterocycles. The molecule has 1 unspecified atom stereocenters. The molecule has 0 radical (unpaired) electrons. The Morgan fingerprint density at radius 1 is 1.02 bits per heavy atom. The molecule has 7 rings (SSSR count). The molecule has 4 aliphatic rings. The number of hydrogen-bond donors (Lipinski definition) is 5. The zero-order valence-electron chi connectivity index (χ0n) is 28.2. The van der Waals surface area contributed by atoms with Crippen molar-refractivity contribution in [1.82, 2.24) is 30.7 Å². The SMILES string of the molecule is O=C1CCN(Cc2cc(O)ccc2-c2cccc(Nc3ncc(F)cc3C(=O)N[C@H]3CC[C@@H](NCC4CN5C=C(F)C=CC5=N4)CC3)c2)CCN1. The maximum absolute atomic E-state index is 14.4. The standard InChI is InChI=1S/C38H42F2N8O3/c39-26-4-11-35-44-31(23-48(35)22-26)20-42-28-5-7-29(8-6-28)46-38(51)34-18-27(40)19-43-37(34)45-30-3-1-2-24(16-30)33-10-9-32(49)17-25(33)21-47-14-12-36(50)41-13-15-47/h1-4,9-11,16-19,22,28-29,31,42,49H,5-8,12-15,20-21,23H2,(H,41,50)(H,43,45)(H,46,51)/t28-,29+,31?. The highest BCUT2D eigenvalue weighted by Crippen LogP contribution is 2.31. The van der Waals surface area contributed by atoms with Gasteiger partial charge in [0, 0.05) is 69.7 Å². The van der Waals surface area contributed by atoms with E-state index in [1.54, 1.807) is 18.2 Å². The maximum atomic E-state index is 14.4. The molecule has 0 bridgehead atoms. The first kappa shape index (κ1) is 34.3. The molecule has 13 heteroatoms. The number of nitrogens with one attached hydrogen (secondary N) is 4. The number of aromatic nitrogens is 1. The number of amidine groups is 1. The Kier molecular flexibility index (Phi) is 10.4. The van der Waals surface area contributed by atoms with Gasteiger partial charge < -0.3 is 31.3 Å². The second-order valence-corrected chi connectivity index (χ2v) is 13.5. The van der Waals surface area contributed by atoms with Crippen molar-refractivity contribution in [2.75, 3.05) is 38.0 Å². The lowest BCUT2D eigenvalue weighted by atomic mass is 9.91. The van der Waals surface area contributed by atoms with Gasteiger partial charge in [-0.15, -0.1) is 0 Å². The number of aliphatic imine (C=N–C) groups is 1. The third-order valence-corrected chi connectivity index (χ3v) is 9.82. The second-order valence-electron chi connectivity index (χ2n) is 13.5. The normalized spacial score (nSPS) is 22.0. The first-order valence-electron chi connectivity index (χ1n) is 17.5. The van der Waals surface area contributed by atoms with E-state index in [2.05, 4.69) is 36.1 Å². The number of benzene rings is 2. The quantitative estimate of drug-likeness (QED) is 0.205. The minimum Gasteiger partial charge on any atom is -0.508 e. The molecule has 2 fully saturated rings. The van der Waals surface area contributed by atoms with Crippen LogP contribution in [-0.2, 0) is 11.3 Å². The molecule has 4 heterocycles. The molecule has 2 amide bonds. The second kappa shape index (κ2) is 15.4. The van der Waals surface area contributed by atoms with Crippen LogP contribution in [0.5, 0.6) is 5.75 Å². The molecule has 5 N–H and O–H groups in total. The van der Waals surface area contributed by atoms with Crippen LogP contribution in [0.25, 0.3) is 11.1 Å². The third kappa shape index (κ3) is 8.61. The Morgan fingerprint density at radius 3 is 2.73 bits per heavy atom. The van der Waals surface area contributed by atoms with E-state index in [4.69, 9.17) is 0 Å². The Labute approximate surface area is 295 Å². The highest BCUT2D eigenvalue weighted by Gasteiger charge is 2.28. The van der Waals surface area contributed by atoms with Crippen LogP contribution in [0.15, 0.2) is 83.9 Å². The number of anilines is 2. The number of fused-ring (bicyclic) bond motifs is 1. The van der Waals surface area contributed by atoms with Crippen LogP contribution in [-0.4, -0.2) is 88.4 Å². The van der Waals surface area contributed by atoms with Crippen molar-refractivity contribution in [2.24, 2.45) is 4.99 Å². The summed E-state index contributed by atoms with van der Waals surface area (Å²) in [5.41, 5.74) is 3.51. The number of halogens is 2. The summed E-state index contributed by atoms with van der Waals surface area (Å²) in [6.45, 7) is 3.80. The zero-order chi connectivity index (χ0) is 35.3. The highest BCUT2D eigenvalue weighted by atomic mass is 19.1. The van der Waals surface area contributed by atoms with Crippen LogP contribution in [0.2, 0.25) is 0 Å². The van der Waals surface area contributed by atoms with E-state index in [1.165, 1.54) is 18.3 Å². The third-order valence-electron chi connectivity index (χ3n) is 9.82. The van der Waals surface area contributed by atoms with Gasteiger partial charge in [0.1, 0.15) is 29.0 Å². The maximum Gasteiger partial charge on any atom is 0.255 e. The average Bonchev–Trinajstić information content (AvgIpc) is 3.41. The van der Waals surface area contributed by atoms with E-state index < -0.39 is 11.7 Å². The van der Waals surface area contributed by atoms with E-state index in [0.29, 0.717) is 57.4 Å². The van der Waals surface area contributed by atoms with Gasteiger partial charge in [-0.25, -0.2) is 13.8 Å². The highest BCUT2D eigenvalue weighted by molar-refractivity contribution is 5.99. The topological polar surface area (TPSA) is 134 Å². The van der Waals surface area contributed by atoms with Gasteiger partial charge in [-0.05, 0) is 84.9 Å². The van der Waals surface area contributed by atoms with Gasteiger partial charge >= 0.3 is 0 Å². The number of carbonyl (C=O) groups is 2. The van der Waals surface area contributed by atoms with Gasteiger partial charge in [0.25, 0.3) is 5.91 Å². The molecule has 11 nitrogen and oxygen atoms in total. The Hall–Kier alpha value is -5.14. The number of rotatable bonds is 10. The van der Waals surface area contributed by atoms with Gasteiger partial charge in [0.05, 0.1) is 17.8 Å². The number of allylic oxidation sites excluding steroid dienone is 2. The smallest absolute Gasteiger partial charge is 0.255 e. The van der Waals surface area contributed by atoms with E-state index in [1.807, 2.05) is 35.2 Å². The van der Waals surface area contributed by atoms with Crippen molar-refractivity contribution < 1.29 is 23.5 Å². The number of phenolic OH excluding ortho intramolecular Hbond substituents is 1. The van der Waals surface area contributed by atoms with Crippen LogP contribution in [0.3, 0.4) is 0 Å². The number of hydrogen-bond acceptors (Lipinski definition) is 9. The summed E-state index contributed by atoms with van der Waals surface area (Å²) >= 11 is 0. The van der Waals surface area contributed by atoms with E-state index >= 15 is 0 Å². The number of carbonyl (C=O) groups excluding carboxylic acids is 2. The van der Waals surface area contributed by atoms with Crippen molar-refractivity contribution in [3.05, 3.63) is 95.9 Å². The fraction of sp³-hybridized carbons (Fsp3) is 0.368. The van der Waals surface area contributed by atoms with Crippen LogP contribution >= 0.6 is 0 Å². The monoisotopic (exact) mass is 696 g/mol. The lowest BCUT2D eigenvalue weighted by Crippen LogP contribution is -2.44. The molecule has 1 atom stereocenters. The largest absolute Gasteiger partial charge is 0.508 e. The van der Waals surface area contributed by atoms with Crippen LogP contribution in [0, 0.1) is 5.82 Å². The average molecular weight is 697 g/mol. The van der Waals surface area contributed by atoms with Crippen molar-refractivity contribution in [3.63, 3.8) is 0 Å². The Balaban J connectivity index is 0.968. The van der Waals surface area contributed by atoms with Crippen LogP contribution in [0.1, 0.15) is 48.0 Å². The lowest BCUT2D eigenvalue weighted by Gasteiger charge is -2.30. The number of pyridine rings is 1. The zero-order valence-corrected chi connectivity index (χ0v) is 28.2. The van der Waals surface area contributed by atoms with Crippen molar-refractivity contribution in [3.8, 4) is 16.9 Å². The molecule has 1 saturated carbocycles. The number of nitrogens with zero attached hydrogens (tertiary/aromatic N) is 4. The first-order valence-corrected chi connectivity index (χ1v) is 17.5. The van der Waals surface area contributed by atoms with Gasteiger partial charge in [-0.3, -0.25) is 19.5 Å². The number of phenols is 1. The van der Waals surface area contributed by atoms with Crippen molar-refractivity contribution in [1.29, 1.82) is 0 Å². The number of aromatic hydroxyl groups is 1. The summed E-state index contributed by atoms with van der Waals surface area (Å²) in [6, 6.07) is 14.4. The van der Waals surface area contributed by atoms with Gasteiger partial charge in [0.2, 0.25) is 5.91 Å². The number of amides is 2. The summed E-state index contributed by atoms with van der Waals surface area (Å²) in [7, 11) is 0. The molecule has 1 saturated heterocycles. The first-order chi connectivity index (χ1) is 24.8. The fourth-order valence-corrected chi connectivity index (χ4v) is 7.16. The summed E-state index contributed by atoms with van der Waals surface area (Å²) in [6.07, 6.45) is 9.41. The van der Waals surface area contributed by atoms with Crippen LogP contribution in [0.4, 0.5) is 20.3 Å². The molecule has 1 aliphatic carbocycles. The van der Waals surface area contributed by atoms with Crippen molar-refractivity contribution in [2.45, 2.75) is 56.8 Å². The Bertz CT molecular complexity index is 1870. The molecule has 0 spiro atoms. The summed E-state index contributed by atoms with van der Waals surface area (Å²) in [5.74, 6) is -0.0462. The molecular weight excluding hydrogens is 654 g/mol. The summed E-state index contributed by atoms with van der Waals surface area (Å²) < 4.78 is 28.0. The van der Waals surface area contributed by atoms with E-state index in [9.17, 15) is 23.5 Å². The molecule has 1 aromatic heterocycles. The van der Waals surface area contributed by atoms with Gasteiger partial charge in [-0.1, -0.05) is 18.2 Å². The minimum absolute atomic E-state index is 0.0360. The van der Waals surface area contributed by atoms with Gasteiger partial charge in [-0.2, -0.15) is 0 Å². The minimum atomic E-state index is -0.605. The summed E-state index contributed by atoms with van der Waals surface area (Å²) in [5, 5.41) is 23.1. The lowest BCUT2D eigenvalue weighted by molar-refractivity contribution is -0.120. The molecular formula is C38H42F2N8O3. The van der Waals surface area contributed by atoms with Gasteiger partial charge in [0.15, 0.2) is 0 Å². The summed E-state index contributed by atoms with van der Waals surface area (Å²) in [4.78, 5) is 38.3. The molecule has 51 heavy (non-hydrogen) atoms.